The van der Waals surface area contributed by atoms with E-state index in [1.54, 1.807) is 0 Å². The molecule has 154 valence electrons. The summed E-state index contributed by atoms with van der Waals surface area (Å²) in [6.07, 6.45) is 4.64. The van der Waals surface area contributed by atoms with Gasteiger partial charge in [0.1, 0.15) is 0 Å². The maximum atomic E-state index is 4.51. The normalized spacial score (nSPS) is 15.4. The number of halogens is 1. The van der Waals surface area contributed by atoms with Crippen LogP contribution in [-0.2, 0) is 19.9 Å². The number of aromatic nitrogens is 2. The second-order valence-corrected chi connectivity index (χ2v) is 7.62. The monoisotopic (exact) mass is 495 g/mol. The molecule has 0 radical (unpaired) electrons. The molecule has 2 heterocycles. The summed E-state index contributed by atoms with van der Waals surface area (Å²) in [4.78, 5) is 6.92. The number of piperidine rings is 1. The van der Waals surface area contributed by atoms with Crippen molar-refractivity contribution in [1.29, 1.82) is 0 Å². The smallest absolute Gasteiger partial charge is 0.193 e. The summed E-state index contributed by atoms with van der Waals surface area (Å²) in [6, 6.07) is 10.9. The van der Waals surface area contributed by atoms with Gasteiger partial charge in [-0.25, -0.2) is 0 Å². The maximum Gasteiger partial charge on any atom is 0.193 e. The first-order valence-electron chi connectivity index (χ1n) is 10.1. The van der Waals surface area contributed by atoms with E-state index in [-0.39, 0.29) is 24.0 Å². The molecule has 1 fully saturated rings. The number of aryl methyl sites for hydroxylation is 2. The van der Waals surface area contributed by atoms with Crippen LogP contribution in [0.2, 0.25) is 0 Å². The highest BCUT2D eigenvalue weighted by atomic mass is 127. The molecule has 0 unspecified atom stereocenters. The lowest BCUT2D eigenvalue weighted by Crippen LogP contribution is -2.46. The molecule has 6 heteroatoms. The maximum absolute atomic E-state index is 4.51. The number of rotatable bonds is 5. The van der Waals surface area contributed by atoms with Crippen LogP contribution in [-0.4, -0.2) is 47.3 Å². The van der Waals surface area contributed by atoms with Crippen molar-refractivity contribution in [3.05, 3.63) is 52.8 Å². The molecule has 0 atom stereocenters. The first kappa shape index (κ1) is 22.7. The summed E-state index contributed by atoms with van der Waals surface area (Å²) in [5.74, 6) is 1.81. The lowest BCUT2D eigenvalue weighted by atomic mass is 9.90. The Morgan fingerprint density at radius 3 is 2.43 bits per heavy atom. The Labute approximate surface area is 186 Å². The van der Waals surface area contributed by atoms with Gasteiger partial charge in [-0.1, -0.05) is 30.3 Å². The molecule has 28 heavy (non-hydrogen) atoms. The Bertz CT molecular complexity index is 761. The standard InChI is InChI=1S/C22H33N5.HI/c1-17-21(18(2)26(4)25-17)10-13-24-22(23-3)27-14-11-20(12-15-27)16-19-8-6-5-7-9-19;/h5-9,20H,10-16H2,1-4H3,(H,23,24);1H. The lowest BCUT2D eigenvalue weighted by Gasteiger charge is -2.34. The SMILES string of the molecule is CN=C(NCCc1c(C)nn(C)c1C)N1CCC(Cc2ccccc2)CC1.I. The molecule has 0 spiro atoms. The van der Waals surface area contributed by atoms with Crippen molar-refractivity contribution in [2.24, 2.45) is 18.0 Å². The average molecular weight is 495 g/mol. The van der Waals surface area contributed by atoms with Crippen molar-refractivity contribution < 1.29 is 0 Å². The van der Waals surface area contributed by atoms with Crippen LogP contribution in [0.1, 0.15) is 35.4 Å². The Kier molecular flexibility index (Phi) is 8.79. The highest BCUT2D eigenvalue weighted by molar-refractivity contribution is 14.0. The van der Waals surface area contributed by atoms with Crippen molar-refractivity contribution in [2.45, 2.75) is 39.5 Å². The van der Waals surface area contributed by atoms with Crippen LogP contribution in [0.15, 0.2) is 35.3 Å². The van der Waals surface area contributed by atoms with Gasteiger partial charge < -0.3 is 10.2 Å². The molecule has 2 aromatic rings. The van der Waals surface area contributed by atoms with Gasteiger partial charge >= 0.3 is 0 Å². The quantitative estimate of drug-likeness (QED) is 0.391. The van der Waals surface area contributed by atoms with E-state index in [0.29, 0.717) is 0 Å². The molecule has 1 aliphatic heterocycles. The lowest BCUT2D eigenvalue weighted by molar-refractivity contribution is 0.259. The molecular weight excluding hydrogens is 461 g/mol. The van der Waals surface area contributed by atoms with Gasteiger partial charge in [0.25, 0.3) is 0 Å². The first-order chi connectivity index (χ1) is 13.1. The number of nitrogens with zero attached hydrogens (tertiary/aromatic N) is 4. The fourth-order valence-electron chi connectivity index (χ4n) is 4.11. The molecule has 3 rings (SSSR count). The third-order valence-electron chi connectivity index (χ3n) is 5.81. The Morgan fingerprint density at radius 2 is 1.86 bits per heavy atom. The predicted octanol–water partition coefficient (Wildman–Crippen LogP) is 3.73. The van der Waals surface area contributed by atoms with Gasteiger partial charge in [-0.05, 0) is 56.6 Å². The Balaban J connectivity index is 0.00000280. The molecular formula is C22H34IN5. The fraction of sp³-hybridized carbons (Fsp3) is 0.545. The van der Waals surface area contributed by atoms with E-state index in [1.165, 1.54) is 36.1 Å². The van der Waals surface area contributed by atoms with Gasteiger partial charge in [0, 0.05) is 39.4 Å². The van der Waals surface area contributed by atoms with E-state index in [9.17, 15) is 0 Å². The van der Waals surface area contributed by atoms with Crippen LogP contribution in [0.25, 0.3) is 0 Å². The molecule has 1 N–H and O–H groups in total. The molecule has 5 nitrogen and oxygen atoms in total. The molecule has 1 aromatic carbocycles. The van der Waals surface area contributed by atoms with Crippen molar-refractivity contribution in [3.63, 3.8) is 0 Å². The van der Waals surface area contributed by atoms with E-state index < -0.39 is 0 Å². The number of likely N-dealkylation sites (tertiary alicyclic amines) is 1. The zero-order chi connectivity index (χ0) is 19.2. The second kappa shape index (κ2) is 10.8. The van der Waals surface area contributed by atoms with Crippen LogP contribution in [0.5, 0.6) is 0 Å². The molecule has 0 saturated carbocycles. The topological polar surface area (TPSA) is 45.5 Å². The van der Waals surface area contributed by atoms with E-state index in [0.717, 1.165) is 43.6 Å². The minimum Gasteiger partial charge on any atom is -0.356 e. The van der Waals surface area contributed by atoms with Crippen LogP contribution in [0.4, 0.5) is 0 Å². The Morgan fingerprint density at radius 1 is 1.18 bits per heavy atom. The van der Waals surface area contributed by atoms with Crippen LogP contribution < -0.4 is 5.32 Å². The number of hydrogen-bond donors (Lipinski definition) is 1. The van der Waals surface area contributed by atoms with Gasteiger partial charge in [0.15, 0.2) is 5.96 Å². The van der Waals surface area contributed by atoms with E-state index >= 15 is 0 Å². The van der Waals surface area contributed by atoms with E-state index in [2.05, 4.69) is 64.5 Å². The molecule has 0 aliphatic carbocycles. The predicted molar refractivity (Wildman–Crippen MR) is 128 cm³/mol. The second-order valence-electron chi connectivity index (χ2n) is 7.62. The van der Waals surface area contributed by atoms with Crippen molar-refractivity contribution in [1.82, 2.24) is 20.0 Å². The molecule has 0 amide bonds. The molecule has 1 saturated heterocycles. The van der Waals surface area contributed by atoms with E-state index in [1.807, 2.05) is 18.8 Å². The minimum atomic E-state index is 0. The van der Waals surface area contributed by atoms with Crippen LogP contribution >= 0.6 is 24.0 Å². The summed E-state index contributed by atoms with van der Waals surface area (Å²) in [7, 11) is 3.90. The Hall–Kier alpha value is -1.57. The van der Waals surface area contributed by atoms with E-state index in [4.69, 9.17) is 0 Å². The third kappa shape index (κ3) is 5.72. The van der Waals surface area contributed by atoms with Gasteiger partial charge in [-0.15, -0.1) is 24.0 Å². The summed E-state index contributed by atoms with van der Waals surface area (Å²) in [5, 5.41) is 8.06. The highest BCUT2D eigenvalue weighted by Gasteiger charge is 2.21. The molecule has 1 aliphatic rings. The zero-order valence-corrected chi connectivity index (χ0v) is 19.9. The van der Waals surface area contributed by atoms with Crippen LogP contribution in [0.3, 0.4) is 0 Å². The number of benzene rings is 1. The van der Waals surface area contributed by atoms with Crippen molar-refractivity contribution >= 4 is 29.9 Å². The first-order valence-corrected chi connectivity index (χ1v) is 10.1. The fourth-order valence-corrected chi connectivity index (χ4v) is 4.11. The molecule has 0 bridgehead atoms. The van der Waals surface area contributed by atoms with Crippen molar-refractivity contribution in [2.75, 3.05) is 26.7 Å². The summed E-state index contributed by atoms with van der Waals surface area (Å²) in [5.41, 5.74) is 5.20. The highest BCUT2D eigenvalue weighted by Crippen LogP contribution is 2.21. The summed E-state index contributed by atoms with van der Waals surface area (Å²) in [6.45, 7) is 7.30. The van der Waals surface area contributed by atoms with Gasteiger partial charge in [-0.2, -0.15) is 5.10 Å². The minimum absolute atomic E-state index is 0. The molecule has 1 aromatic heterocycles. The number of nitrogens with one attached hydrogen (secondary N) is 1. The largest absolute Gasteiger partial charge is 0.356 e. The van der Waals surface area contributed by atoms with Gasteiger partial charge in [0.05, 0.1) is 5.69 Å². The third-order valence-corrected chi connectivity index (χ3v) is 5.81. The summed E-state index contributed by atoms with van der Waals surface area (Å²) >= 11 is 0. The van der Waals surface area contributed by atoms with Gasteiger partial charge in [-0.3, -0.25) is 9.67 Å². The number of hydrogen-bond acceptors (Lipinski definition) is 2. The average Bonchev–Trinajstić information content (AvgIpc) is 2.93. The van der Waals surface area contributed by atoms with Crippen LogP contribution in [0, 0.1) is 19.8 Å². The van der Waals surface area contributed by atoms with Crippen molar-refractivity contribution in [3.8, 4) is 0 Å². The number of guanidine groups is 1. The van der Waals surface area contributed by atoms with Gasteiger partial charge in [0.2, 0.25) is 0 Å². The zero-order valence-electron chi connectivity index (χ0n) is 17.6. The summed E-state index contributed by atoms with van der Waals surface area (Å²) < 4.78 is 1.97. The number of aliphatic imine (C=N–C) groups is 1.